The second kappa shape index (κ2) is 3.78. The van der Waals surface area contributed by atoms with E-state index in [1.54, 1.807) is 12.1 Å². The number of imidazole rings is 1. The van der Waals surface area contributed by atoms with Gasteiger partial charge in [-0.15, -0.1) is 0 Å². The van der Waals surface area contributed by atoms with Crippen molar-refractivity contribution in [2.45, 2.75) is 13.8 Å². The molecule has 2 rings (SSSR count). The van der Waals surface area contributed by atoms with Crippen LogP contribution in [0, 0.1) is 31.0 Å². The zero-order chi connectivity index (χ0) is 11.7. The number of halogens is 1. The highest BCUT2D eigenvalue weighted by molar-refractivity contribution is 5.63. The third-order valence-electron chi connectivity index (χ3n) is 2.37. The minimum absolute atomic E-state index is 0.0497. The van der Waals surface area contributed by atoms with Crippen molar-refractivity contribution in [3.63, 3.8) is 0 Å². The van der Waals surface area contributed by atoms with E-state index in [1.807, 2.05) is 13.8 Å². The molecule has 2 aromatic rings. The lowest BCUT2D eigenvalue weighted by Crippen LogP contribution is -1.87. The fourth-order valence-electron chi connectivity index (χ4n) is 1.64. The zero-order valence-electron chi connectivity index (χ0n) is 9.00. The first-order valence-electron chi connectivity index (χ1n) is 4.85. The van der Waals surface area contributed by atoms with Gasteiger partial charge in [-0.1, -0.05) is 6.07 Å². The lowest BCUT2D eigenvalue weighted by molar-refractivity contribution is 0.624. The maximum atomic E-state index is 13.4. The minimum atomic E-state index is -0.514. The van der Waals surface area contributed by atoms with Gasteiger partial charge in [-0.05, 0) is 26.0 Å². The van der Waals surface area contributed by atoms with Crippen LogP contribution in [-0.2, 0) is 0 Å². The van der Waals surface area contributed by atoms with Crippen LogP contribution in [0.5, 0.6) is 0 Å². The van der Waals surface area contributed by atoms with Gasteiger partial charge in [-0.25, -0.2) is 9.37 Å². The van der Waals surface area contributed by atoms with Crippen LogP contribution in [0.4, 0.5) is 4.39 Å². The molecule has 0 radical (unpaired) electrons. The molecule has 16 heavy (non-hydrogen) atoms. The number of aryl methyl sites for hydroxylation is 2. The molecule has 0 bridgehead atoms. The SMILES string of the molecule is Cc1nc(-c2ccc(C#N)c(F)c2)c(C)[nH]1. The van der Waals surface area contributed by atoms with Crippen LogP contribution < -0.4 is 0 Å². The molecule has 1 aromatic heterocycles. The van der Waals surface area contributed by atoms with Crippen molar-refractivity contribution >= 4 is 0 Å². The van der Waals surface area contributed by atoms with Crippen LogP contribution in [0.15, 0.2) is 18.2 Å². The Morgan fingerprint density at radius 3 is 2.62 bits per heavy atom. The number of nitrogens with zero attached hydrogens (tertiary/aromatic N) is 2. The molecule has 1 heterocycles. The predicted octanol–water partition coefficient (Wildman–Crippen LogP) is 2.70. The largest absolute Gasteiger partial charge is 0.346 e. The summed E-state index contributed by atoms with van der Waals surface area (Å²) < 4.78 is 13.4. The van der Waals surface area contributed by atoms with Gasteiger partial charge in [0.05, 0.1) is 11.3 Å². The Morgan fingerprint density at radius 2 is 2.12 bits per heavy atom. The number of aromatic amines is 1. The molecular weight excluding hydrogens is 205 g/mol. The third kappa shape index (κ3) is 1.68. The number of H-pyrrole nitrogens is 1. The van der Waals surface area contributed by atoms with Crippen molar-refractivity contribution in [2.24, 2.45) is 0 Å². The summed E-state index contributed by atoms with van der Waals surface area (Å²) in [5.41, 5.74) is 2.34. The molecule has 0 fully saturated rings. The molecule has 0 aliphatic heterocycles. The van der Waals surface area contributed by atoms with E-state index >= 15 is 0 Å². The Labute approximate surface area is 92.6 Å². The van der Waals surface area contributed by atoms with Gasteiger partial charge in [0.2, 0.25) is 0 Å². The summed E-state index contributed by atoms with van der Waals surface area (Å²) in [5, 5.41) is 8.63. The second-order valence-corrected chi connectivity index (χ2v) is 3.60. The number of nitriles is 1. The molecule has 0 aliphatic carbocycles. The molecule has 0 unspecified atom stereocenters. The lowest BCUT2D eigenvalue weighted by atomic mass is 10.1. The van der Waals surface area contributed by atoms with Gasteiger partial charge in [0, 0.05) is 11.3 Å². The maximum absolute atomic E-state index is 13.4. The van der Waals surface area contributed by atoms with Crippen molar-refractivity contribution in [2.75, 3.05) is 0 Å². The molecule has 3 nitrogen and oxygen atoms in total. The number of aromatic nitrogens is 2. The second-order valence-electron chi connectivity index (χ2n) is 3.60. The van der Waals surface area contributed by atoms with Crippen molar-refractivity contribution in [1.29, 1.82) is 5.26 Å². The van der Waals surface area contributed by atoms with Gasteiger partial charge in [-0.3, -0.25) is 0 Å². The van der Waals surface area contributed by atoms with Crippen LogP contribution >= 0.6 is 0 Å². The number of hydrogen-bond acceptors (Lipinski definition) is 2. The van der Waals surface area contributed by atoms with E-state index in [4.69, 9.17) is 5.26 Å². The van der Waals surface area contributed by atoms with Crippen molar-refractivity contribution in [3.8, 4) is 17.3 Å². The van der Waals surface area contributed by atoms with Gasteiger partial charge in [0.25, 0.3) is 0 Å². The summed E-state index contributed by atoms with van der Waals surface area (Å²) >= 11 is 0. The summed E-state index contributed by atoms with van der Waals surface area (Å²) in [5.74, 6) is 0.275. The summed E-state index contributed by atoms with van der Waals surface area (Å²) in [4.78, 5) is 7.33. The van der Waals surface area contributed by atoms with E-state index in [-0.39, 0.29) is 5.56 Å². The highest BCUT2D eigenvalue weighted by Gasteiger charge is 2.09. The van der Waals surface area contributed by atoms with E-state index in [0.717, 1.165) is 17.2 Å². The summed E-state index contributed by atoms with van der Waals surface area (Å²) in [6.07, 6.45) is 0. The Bertz CT molecular complexity index is 578. The number of benzene rings is 1. The Kier molecular flexibility index (Phi) is 2.45. The van der Waals surface area contributed by atoms with Crippen LogP contribution in [0.3, 0.4) is 0 Å². The quantitative estimate of drug-likeness (QED) is 0.795. The molecule has 80 valence electrons. The van der Waals surface area contributed by atoms with E-state index in [0.29, 0.717) is 5.56 Å². The molecular formula is C12H10FN3. The van der Waals surface area contributed by atoms with Crippen LogP contribution in [0.2, 0.25) is 0 Å². The molecule has 0 saturated heterocycles. The molecule has 0 amide bonds. The van der Waals surface area contributed by atoms with E-state index in [1.165, 1.54) is 12.1 Å². The van der Waals surface area contributed by atoms with Gasteiger partial charge in [0.15, 0.2) is 0 Å². The standard InChI is InChI=1S/C12H10FN3/c1-7-12(16-8(2)15-7)9-3-4-10(6-14)11(13)5-9/h3-5H,1-2H3,(H,15,16). The summed E-state index contributed by atoms with van der Waals surface area (Å²) in [6, 6.07) is 6.29. The van der Waals surface area contributed by atoms with E-state index in [2.05, 4.69) is 9.97 Å². The fraction of sp³-hybridized carbons (Fsp3) is 0.167. The van der Waals surface area contributed by atoms with Gasteiger partial charge < -0.3 is 4.98 Å². The van der Waals surface area contributed by atoms with Gasteiger partial charge in [-0.2, -0.15) is 5.26 Å². The molecule has 1 N–H and O–H groups in total. The predicted molar refractivity (Wildman–Crippen MR) is 58.2 cm³/mol. The van der Waals surface area contributed by atoms with Crippen LogP contribution in [0.1, 0.15) is 17.1 Å². The van der Waals surface area contributed by atoms with Crippen molar-refractivity contribution in [3.05, 3.63) is 41.1 Å². The summed E-state index contributed by atoms with van der Waals surface area (Å²) in [6.45, 7) is 3.72. The highest BCUT2D eigenvalue weighted by Crippen LogP contribution is 2.23. The van der Waals surface area contributed by atoms with Crippen LogP contribution in [0.25, 0.3) is 11.3 Å². The lowest BCUT2D eigenvalue weighted by Gasteiger charge is -2.00. The van der Waals surface area contributed by atoms with Gasteiger partial charge >= 0.3 is 0 Å². The van der Waals surface area contributed by atoms with E-state index < -0.39 is 5.82 Å². The molecule has 0 saturated carbocycles. The third-order valence-corrected chi connectivity index (χ3v) is 2.37. The summed E-state index contributed by atoms with van der Waals surface area (Å²) in [7, 11) is 0. The molecule has 1 aromatic carbocycles. The topological polar surface area (TPSA) is 52.5 Å². The number of rotatable bonds is 1. The van der Waals surface area contributed by atoms with Crippen molar-refractivity contribution < 1.29 is 4.39 Å². The first kappa shape index (κ1) is 10.4. The first-order valence-corrected chi connectivity index (χ1v) is 4.85. The maximum Gasteiger partial charge on any atom is 0.141 e. The first-order chi connectivity index (χ1) is 7.61. The van der Waals surface area contributed by atoms with Crippen molar-refractivity contribution in [1.82, 2.24) is 9.97 Å². The smallest absolute Gasteiger partial charge is 0.141 e. The minimum Gasteiger partial charge on any atom is -0.346 e. The normalized spacial score (nSPS) is 10.1. The molecule has 0 aliphatic rings. The number of nitrogens with one attached hydrogen (secondary N) is 1. The highest BCUT2D eigenvalue weighted by atomic mass is 19.1. The molecule has 4 heteroatoms. The fourth-order valence-corrected chi connectivity index (χ4v) is 1.64. The Hall–Kier alpha value is -2.15. The zero-order valence-corrected chi connectivity index (χ0v) is 9.00. The van der Waals surface area contributed by atoms with E-state index in [9.17, 15) is 4.39 Å². The molecule has 0 spiro atoms. The number of hydrogen-bond donors (Lipinski definition) is 1. The Balaban J connectivity index is 2.54. The van der Waals surface area contributed by atoms with Crippen LogP contribution in [-0.4, -0.2) is 9.97 Å². The average molecular weight is 215 g/mol. The average Bonchev–Trinajstić information content (AvgIpc) is 2.58. The van der Waals surface area contributed by atoms with Gasteiger partial charge in [0.1, 0.15) is 17.7 Å². The molecule has 0 atom stereocenters. The Morgan fingerprint density at radius 1 is 1.38 bits per heavy atom. The monoisotopic (exact) mass is 215 g/mol.